The molecule has 1 atom stereocenters. The molecule has 0 aromatic rings. The molecular formula is C15H25NO3. The van der Waals surface area contributed by atoms with Gasteiger partial charge in [0.1, 0.15) is 11.4 Å². The second kappa shape index (κ2) is 6.22. The van der Waals surface area contributed by atoms with Crippen molar-refractivity contribution in [3.05, 3.63) is 12.7 Å². The first-order valence-corrected chi connectivity index (χ1v) is 6.90. The Hall–Kier alpha value is -1.32. The lowest BCUT2D eigenvalue weighted by atomic mass is 9.71. The summed E-state index contributed by atoms with van der Waals surface area (Å²) in [5.41, 5.74) is -0.997. The smallest absolute Gasteiger partial charge is 0.407 e. The van der Waals surface area contributed by atoms with Crippen molar-refractivity contribution < 1.29 is 14.3 Å². The normalized spacial score (nSPS) is 23.8. The number of allylic oxidation sites excluding steroid dienone is 1. The van der Waals surface area contributed by atoms with Gasteiger partial charge in [-0.15, -0.1) is 6.58 Å². The van der Waals surface area contributed by atoms with Gasteiger partial charge >= 0.3 is 6.09 Å². The van der Waals surface area contributed by atoms with Crippen LogP contribution >= 0.6 is 0 Å². The van der Waals surface area contributed by atoms with E-state index in [-0.39, 0.29) is 5.78 Å². The SMILES string of the molecule is C=CC[C@]1(CNC(=O)OC(C)(C)C)CCCCC1=O. The van der Waals surface area contributed by atoms with Gasteiger partial charge in [-0.2, -0.15) is 0 Å². The van der Waals surface area contributed by atoms with Crippen LogP contribution in [0.5, 0.6) is 0 Å². The van der Waals surface area contributed by atoms with Crippen LogP contribution in [0.3, 0.4) is 0 Å². The van der Waals surface area contributed by atoms with Crippen molar-refractivity contribution in [2.45, 2.75) is 58.5 Å². The lowest BCUT2D eigenvalue weighted by Gasteiger charge is -2.35. The van der Waals surface area contributed by atoms with Gasteiger partial charge in [-0.25, -0.2) is 4.79 Å². The molecule has 1 amide bonds. The van der Waals surface area contributed by atoms with E-state index in [1.165, 1.54) is 0 Å². The van der Waals surface area contributed by atoms with Crippen molar-refractivity contribution >= 4 is 11.9 Å². The Bertz CT molecular complexity index is 357. The highest BCUT2D eigenvalue weighted by Crippen LogP contribution is 2.36. The van der Waals surface area contributed by atoms with Crippen molar-refractivity contribution in [3.63, 3.8) is 0 Å². The number of hydrogen-bond donors (Lipinski definition) is 1. The van der Waals surface area contributed by atoms with Crippen molar-refractivity contribution in [1.29, 1.82) is 0 Å². The zero-order chi connectivity index (χ0) is 14.5. The minimum atomic E-state index is -0.522. The number of ether oxygens (including phenoxy) is 1. The lowest BCUT2D eigenvalue weighted by molar-refractivity contribution is -0.130. The molecule has 0 saturated heterocycles. The first-order chi connectivity index (χ1) is 8.79. The van der Waals surface area contributed by atoms with E-state index >= 15 is 0 Å². The minimum Gasteiger partial charge on any atom is -0.444 e. The van der Waals surface area contributed by atoms with E-state index in [1.807, 2.05) is 20.8 Å². The Kier molecular flexibility index (Phi) is 5.15. The highest BCUT2D eigenvalue weighted by atomic mass is 16.6. The molecule has 1 aliphatic carbocycles. The van der Waals surface area contributed by atoms with Gasteiger partial charge in [0.25, 0.3) is 0 Å². The van der Waals surface area contributed by atoms with Gasteiger partial charge in [0.15, 0.2) is 0 Å². The number of hydrogen-bond acceptors (Lipinski definition) is 3. The van der Waals surface area contributed by atoms with E-state index < -0.39 is 17.1 Å². The Morgan fingerprint density at radius 2 is 2.16 bits per heavy atom. The van der Waals surface area contributed by atoms with E-state index in [4.69, 9.17) is 4.74 Å². The van der Waals surface area contributed by atoms with Crippen LogP contribution in [0, 0.1) is 5.41 Å². The zero-order valence-electron chi connectivity index (χ0n) is 12.3. The minimum absolute atomic E-state index is 0.231. The van der Waals surface area contributed by atoms with Gasteiger partial charge in [0.05, 0.1) is 0 Å². The van der Waals surface area contributed by atoms with Crippen LogP contribution in [0.15, 0.2) is 12.7 Å². The summed E-state index contributed by atoms with van der Waals surface area (Å²) in [6.07, 6.45) is 5.30. The highest BCUT2D eigenvalue weighted by molar-refractivity contribution is 5.86. The average Bonchev–Trinajstić information content (AvgIpc) is 2.28. The van der Waals surface area contributed by atoms with Crippen LogP contribution < -0.4 is 5.32 Å². The Balaban J connectivity index is 2.61. The number of amides is 1. The van der Waals surface area contributed by atoms with Crippen molar-refractivity contribution in [2.75, 3.05) is 6.54 Å². The molecule has 4 nitrogen and oxygen atoms in total. The summed E-state index contributed by atoms with van der Waals surface area (Å²) < 4.78 is 5.20. The highest BCUT2D eigenvalue weighted by Gasteiger charge is 2.39. The molecule has 1 aliphatic rings. The number of carbonyl (C=O) groups excluding carboxylic acids is 2. The monoisotopic (exact) mass is 267 g/mol. The van der Waals surface area contributed by atoms with E-state index in [0.717, 1.165) is 19.3 Å². The van der Waals surface area contributed by atoms with Crippen molar-refractivity contribution in [1.82, 2.24) is 5.32 Å². The topological polar surface area (TPSA) is 55.4 Å². The molecule has 1 N–H and O–H groups in total. The van der Waals surface area contributed by atoms with Gasteiger partial charge in [-0.1, -0.05) is 12.5 Å². The Morgan fingerprint density at radius 3 is 2.68 bits per heavy atom. The molecule has 0 aromatic heterocycles. The molecule has 1 saturated carbocycles. The van der Waals surface area contributed by atoms with Crippen LogP contribution in [0.1, 0.15) is 52.9 Å². The second-order valence-corrected chi connectivity index (χ2v) is 6.26. The summed E-state index contributed by atoms with van der Waals surface area (Å²) in [4.78, 5) is 23.8. The van der Waals surface area contributed by atoms with E-state index in [0.29, 0.717) is 19.4 Å². The Morgan fingerprint density at radius 1 is 1.47 bits per heavy atom. The molecule has 1 rings (SSSR count). The summed E-state index contributed by atoms with van der Waals surface area (Å²) >= 11 is 0. The third-order valence-electron chi connectivity index (χ3n) is 3.41. The zero-order valence-corrected chi connectivity index (χ0v) is 12.3. The number of alkyl carbamates (subject to hydrolysis) is 1. The van der Waals surface area contributed by atoms with Crippen LogP contribution in [0.2, 0.25) is 0 Å². The maximum absolute atomic E-state index is 12.2. The Labute approximate surface area is 115 Å². The standard InChI is InChI=1S/C15H25NO3/c1-5-9-15(10-7-6-8-12(15)17)11-16-13(18)19-14(2,3)4/h5H,1,6-11H2,2-4H3,(H,16,18)/t15-/m1/s1. The summed E-state index contributed by atoms with van der Waals surface area (Å²) in [5, 5.41) is 2.74. The average molecular weight is 267 g/mol. The van der Waals surface area contributed by atoms with E-state index in [1.54, 1.807) is 6.08 Å². The maximum atomic E-state index is 12.2. The first kappa shape index (κ1) is 15.7. The molecule has 0 unspecified atom stereocenters. The molecule has 0 radical (unpaired) electrons. The first-order valence-electron chi connectivity index (χ1n) is 6.90. The quantitative estimate of drug-likeness (QED) is 0.796. The predicted octanol–water partition coefficient (Wildman–Crippen LogP) is 3.22. The van der Waals surface area contributed by atoms with E-state index in [2.05, 4.69) is 11.9 Å². The molecule has 1 fully saturated rings. The molecule has 0 aliphatic heterocycles. The summed E-state index contributed by atoms with van der Waals surface area (Å²) in [6, 6.07) is 0. The molecule has 0 spiro atoms. The van der Waals surface area contributed by atoms with Gasteiger partial charge in [-0.3, -0.25) is 4.79 Å². The molecule has 0 bridgehead atoms. The summed E-state index contributed by atoms with van der Waals surface area (Å²) in [6.45, 7) is 9.52. The van der Waals surface area contributed by atoms with Crippen LogP contribution in [-0.2, 0) is 9.53 Å². The third-order valence-corrected chi connectivity index (χ3v) is 3.41. The molecule has 108 valence electrons. The van der Waals surface area contributed by atoms with Gasteiger partial charge in [0.2, 0.25) is 0 Å². The van der Waals surface area contributed by atoms with E-state index in [9.17, 15) is 9.59 Å². The number of rotatable bonds is 4. The second-order valence-electron chi connectivity index (χ2n) is 6.26. The van der Waals surface area contributed by atoms with Crippen LogP contribution in [0.25, 0.3) is 0 Å². The predicted molar refractivity (Wildman–Crippen MR) is 75.0 cm³/mol. The van der Waals surface area contributed by atoms with Gasteiger partial charge < -0.3 is 10.1 Å². The van der Waals surface area contributed by atoms with Crippen LogP contribution in [0.4, 0.5) is 4.79 Å². The fraction of sp³-hybridized carbons (Fsp3) is 0.733. The van der Waals surface area contributed by atoms with Crippen molar-refractivity contribution in [3.8, 4) is 0 Å². The molecule has 0 aromatic carbocycles. The largest absolute Gasteiger partial charge is 0.444 e. The van der Waals surface area contributed by atoms with Crippen molar-refractivity contribution in [2.24, 2.45) is 5.41 Å². The van der Waals surface area contributed by atoms with Crippen LogP contribution in [-0.4, -0.2) is 24.0 Å². The lowest BCUT2D eigenvalue weighted by Crippen LogP contribution is -2.45. The fourth-order valence-corrected chi connectivity index (χ4v) is 2.46. The third kappa shape index (κ3) is 4.69. The number of nitrogens with one attached hydrogen (secondary N) is 1. The summed E-state index contributed by atoms with van der Waals surface area (Å²) in [7, 11) is 0. The molecule has 19 heavy (non-hydrogen) atoms. The number of carbonyl (C=O) groups is 2. The maximum Gasteiger partial charge on any atom is 0.407 e. The summed E-state index contributed by atoms with van der Waals surface area (Å²) in [5.74, 6) is 0.231. The molecule has 4 heteroatoms. The number of Topliss-reactive ketones (excluding diaryl/α,β-unsaturated/α-hetero) is 1. The molecule has 0 heterocycles. The van der Waals surface area contributed by atoms with Gasteiger partial charge in [-0.05, 0) is 40.0 Å². The molecular weight excluding hydrogens is 242 g/mol. The fourth-order valence-electron chi connectivity index (χ4n) is 2.46. The van der Waals surface area contributed by atoms with Gasteiger partial charge in [0, 0.05) is 18.4 Å². The number of ketones is 1.